The van der Waals surface area contributed by atoms with Crippen molar-refractivity contribution < 1.29 is 4.92 Å². The Morgan fingerprint density at radius 2 is 2.20 bits per heavy atom. The van der Waals surface area contributed by atoms with Gasteiger partial charge < -0.3 is 0 Å². The molecule has 0 radical (unpaired) electrons. The van der Waals surface area contributed by atoms with Crippen molar-refractivity contribution in [1.29, 1.82) is 0 Å². The standard InChI is InChI=1S/C11H12N2O2/c1-3-4-11(9(2)13(14)15)10-5-7-12-8-6-10/h4-8H,2-3H2,1H3/b11-4+. The van der Waals surface area contributed by atoms with Crippen LogP contribution in [0.5, 0.6) is 0 Å². The average molecular weight is 204 g/mol. The molecule has 0 saturated heterocycles. The molecule has 4 heteroatoms. The number of hydrogen-bond donors (Lipinski definition) is 0. The monoisotopic (exact) mass is 204 g/mol. The van der Waals surface area contributed by atoms with Crippen molar-refractivity contribution >= 4 is 5.57 Å². The van der Waals surface area contributed by atoms with Crippen molar-refractivity contribution in [2.24, 2.45) is 0 Å². The minimum Gasteiger partial charge on any atom is -0.265 e. The average Bonchev–Trinajstić information content (AvgIpc) is 2.26. The summed E-state index contributed by atoms with van der Waals surface area (Å²) in [6.07, 6.45) is 5.73. The van der Waals surface area contributed by atoms with Gasteiger partial charge in [-0.3, -0.25) is 15.1 Å². The Labute approximate surface area is 88.1 Å². The highest BCUT2D eigenvalue weighted by Gasteiger charge is 2.15. The van der Waals surface area contributed by atoms with E-state index in [0.717, 1.165) is 12.0 Å². The lowest BCUT2D eigenvalue weighted by Crippen LogP contribution is -2.00. The molecule has 0 aliphatic rings. The van der Waals surface area contributed by atoms with Crippen molar-refractivity contribution in [3.63, 3.8) is 0 Å². The van der Waals surface area contributed by atoms with Crippen molar-refractivity contribution in [3.8, 4) is 0 Å². The molecule has 0 N–H and O–H groups in total. The van der Waals surface area contributed by atoms with E-state index in [2.05, 4.69) is 11.6 Å². The van der Waals surface area contributed by atoms with Gasteiger partial charge >= 0.3 is 0 Å². The van der Waals surface area contributed by atoms with Crippen LogP contribution in [0.3, 0.4) is 0 Å². The normalized spacial score (nSPS) is 11.1. The topological polar surface area (TPSA) is 56.0 Å². The van der Waals surface area contributed by atoms with Crippen LogP contribution in [-0.4, -0.2) is 9.91 Å². The van der Waals surface area contributed by atoms with E-state index in [4.69, 9.17) is 0 Å². The summed E-state index contributed by atoms with van der Waals surface area (Å²) in [5.74, 6) is 0. The third kappa shape index (κ3) is 2.74. The molecule has 0 aromatic carbocycles. The number of allylic oxidation sites excluding steroid dienone is 2. The molecule has 0 aliphatic heterocycles. The second-order valence-electron chi connectivity index (χ2n) is 2.97. The Hall–Kier alpha value is -1.97. The Balaban J connectivity index is 3.11. The highest BCUT2D eigenvalue weighted by molar-refractivity contribution is 5.75. The summed E-state index contributed by atoms with van der Waals surface area (Å²) in [7, 11) is 0. The highest BCUT2D eigenvalue weighted by atomic mass is 16.6. The van der Waals surface area contributed by atoms with Gasteiger partial charge in [0.05, 0.1) is 10.5 Å². The zero-order valence-corrected chi connectivity index (χ0v) is 8.51. The predicted octanol–water partition coefficient (Wildman–Crippen LogP) is 2.67. The zero-order valence-electron chi connectivity index (χ0n) is 8.51. The van der Waals surface area contributed by atoms with Crippen LogP contribution in [0.1, 0.15) is 18.9 Å². The van der Waals surface area contributed by atoms with Crippen LogP contribution in [-0.2, 0) is 0 Å². The first kappa shape index (κ1) is 11.1. The largest absolute Gasteiger partial charge is 0.269 e. The van der Waals surface area contributed by atoms with Crippen molar-refractivity contribution in [3.05, 3.63) is 58.6 Å². The van der Waals surface area contributed by atoms with E-state index in [0.29, 0.717) is 5.57 Å². The number of rotatable bonds is 4. The van der Waals surface area contributed by atoms with E-state index < -0.39 is 4.92 Å². The number of pyridine rings is 1. The zero-order chi connectivity index (χ0) is 11.3. The molecule has 78 valence electrons. The molecular weight excluding hydrogens is 192 g/mol. The molecule has 0 unspecified atom stereocenters. The van der Waals surface area contributed by atoms with Gasteiger partial charge in [0.1, 0.15) is 0 Å². The minimum atomic E-state index is -0.470. The van der Waals surface area contributed by atoms with E-state index in [1.165, 1.54) is 0 Å². The van der Waals surface area contributed by atoms with Crippen molar-refractivity contribution in [2.45, 2.75) is 13.3 Å². The van der Waals surface area contributed by atoms with Crippen LogP contribution in [0.4, 0.5) is 0 Å². The summed E-state index contributed by atoms with van der Waals surface area (Å²) < 4.78 is 0. The maximum atomic E-state index is 10.6. The van der Waals surface area contributed by atoms with Crippen molar-refractivity contribution in [1.82, 2.24) is 4.98 Å². The molecule has 0 bridgehead atoms. The van der Waals surface area contributed by atoms with Gasteiger partial charge in [-0.05, 0) is 30.7 Å². The van der Waals surface area contributed by atoms with Gasteiger partial charge in [0, 0.05) is 12.4 Å². The fourth-order valence-electron chi connectivity index (χ4n) is 1.24. The molecule has 0 fully saturated rings. The number of nitrogens with zero attached hydrogens (tertiary/aromatic N) is 2. The predicted molar refractivity (Wildman–Crippen MR) is 58.6 cm³/mol. The molecule has 0 aliphatic carbocycles. The van der Waals surface area contributed by atoms with Crippen LogP contribution in [0.2, 0.25) is 0 Å². The van der Waals surface area contributed by atoms with Crippen molar-refractivity contribution in [2.75, 3.05) is 0 Å². The third-order valence-corrected chi connectivity index (χ3v) is 1.93. The number of aromatic nitrogens is 1. The molecule has 4 nitrogen and oxygen atoms in total. The number of nitro groups is 1. The summed E-state index contributed by atoms with van der Waals surface area (Å²) >= 11 is 0. The smallest absolute Gasteiger partial charge is 0.265 e. The first-order chi connectivity index (χ1) is 7.16. The van der Waals surface area contributed by atoms with Gasteiger partial charge in [0.25, 0.3) is 5.70 Å². The van der Waals surface area contributed by atoms with E-state index in [-0.39, 0.29) is 5.70 Å². The fourth-order valence-corrected chi connectivity index (χ4v) is 1.24. The van der Waals surface area contributed by atoms with Gasteiger partial charge in [0.2, 0.25) is 0 Å². The maximum absolute atomic E-state index is 10.6. The van der Waals surface area contributed by atoms with E-state index in [1.54, 1.807) is 30.6 Å². The van der Waals surface area contributed by atoms with Crippen LogP contribution in [0.15, 0.2) is 42.9 Å². The van der Waals surface area contributed by atoms with Crippen LogP contribution in [0, 0.1) is 10.1 Å². The molecule has 1 aromatic heterocycles. The second kappa shape index (κ2) is 5.05. The first-order valence-electron chi connectivity index (χ1n) is 4.61. The van der Waals surface area contributed by atoms with Gasteiger partial charge in [0.15, 0.2) is 0 Å². The maximum Gasteiger partial charge on any atom is 0.269 e. The summed E-state index contributed by atoms with van der Waals surface area (Å²) in [5, 5.41) is 10.6. The Kier molecular flexibility index (Phi) is 3.74. The van der Waals surface area contributed by atoms with E-state index in [1.807, 2.05) is 6.92 Å². The van der Waals surface area contributed by atoms with Gasteiger partial charge in [-0.15, -0.1) is 0 Å². The summed E-state index contributed by atoms with van der Waals surface area (Å²) in [6.45, 7) is 5.39. The minimum absolute atomic E-state index is 0.0805. The SMILES string of the molecule is C=C(/C(=C\CC)c1ccncc1)[N+](=O)[O-]. The van der Waals surface area contributed by atoms with E-state index >= 15 is 0 Å². The second-order valence-corrected chi connectivity index (χ2v) is 2.97. The summed E-state index contributed by atoms with van der Waals surface area (Å²) in [6, 6.07) is 3.46. The summed E-state index contributed by atoms with van der Waals surface area (Å²) in [5.41, 5.74) is 1.25. The Bertz CT molecular complexity index is 396. The lowest BCUT2D eigenvalue weighted by molar-refractivity contribution is -0.416. The lowest BCUT2D eigenvalue weighted by atomic mass is 10.0. The van der Waals surface area contributed by atoms with Gasteiger partial charge in [-0.2, -0.15) is 0 Å². The van der Waals surface area contributed by atoms with E-state index in [9.17, 15) is 10.1 Å². The van der Waals surface area contributed by atoms with Crippen LogP contribution >= 0.6 is 0 Å². The molecule has 0 amide bonds. The molecule has 1 rings (SSSR count). The van der Waals surface area contributed by atoms with Gasteiger partial charge in [-0.25, -0.2) is 0 Å². The Morgan fingerprint density at radius 3 is 2.67 bits per heavy atom. The first-order valence-corrected chi connectivity index (χ1v) is 4.61. The molecule has 0 spiro atoms. The molecule has 1 aromatic rings. The molecule has 0 atom stereocenters. The third-order valence-electron chi connectivity index (χ3n) is 1.93. The highest BCUT2D eigenvalue weighted by Crippen LogP contribution is 2.21. The van der Waals surface area contributed by atoms with Gasteiger partial charge in [-0.1, -0.05) is 13.0 Å². The number of hydrogen-bond acceptors (Lipinski definition) is 3. The molecular formula is C11H12N2O2. The van der Waals surface area contributed by atoms with Crippen LogP contribution < -0.4 is 0 Å². The lowest BCUT2D eigenvalue weighted by Gasteiger charge is -2.03. The Morgan fingerprint density at radius 1 is 1.60 bits per heavy atom. The summed E-state index contributed by atoms with van der Waals surface area (Å²) in [4.78, 5) is 14.0. The molecule has 15 heavy (non-hydrogen) atoms. The molecule has 1 heterocycles. The quantitative estimate of drug-likeness (QED) is 0.430. The fraction of sp³-hybridized carbons (Fsp3) is 0.182. The van der Waals surface area contributed by atoms with Crippen LogP contribution in [0.25, 0.3) is 5.57 Å². The molecule has 0 saturated carbocycles.